The van der Waals surface area contributed by atoms with Gasteiger partial charge in [-0.3, -0.25) is 9.89 Å². The Morgan fingerprint density at radius 2 is 2.19 bits per heavy atom. The average Bonchev–Trinajstić information content (AvgIpc) is 2.97. The van der Waals surface area contributed by atoms with E-state index in [1.807, 2.05) is 0 Å². The number of carbonyl (C=O) groups excluding carboxylic acids is 1. The molecule has 0 bridgehead atoms. The van der Waals surface area contributed by atoms with E-state index >= 15 is 0 Å². The summed E-state index contributed by atoms with van der Waals surface area (Å²) in [4.78, 5) is 28.8. The number of likely N-dealkylation sites (tertiary alicyclic amines) is 1. The monoisotopic (exact) mass is 295 g/mol. The third kappa shape index (κ3) is 3.93. The first kappa shape index (κ1) is 15.3. The summed E-state index contributed by atoms with van der Waals surface area (Å²) in [6.07, 6.45) is 3.96. The number of carboxylic acids is 1. The number of rotatable bonds is 5. The second kappa shape index (κ2) is 6.55. The average molecular weight is 295 g/mol. The van der Waals surface area contributed by atoms with Crippen molar-refractivity contribution >= 4 is 12.0 Å². The van der Waals surface area contributed by atoms with Gasteiger partial charge in [-0.05, 0) is 26.2 Å². The van der Waals surface area contributed by atoms with E-state index in [1.54, 1.807) is 11.8 Å². The second-order valence-corrected chi connectivity index (χ2v) is 5.62. The van der Waals surface area contributed by atoms with E-state index in [2.05, 4.69) is 20.5 Å². The minimum Gasteiger partial charge on any atom is -0.481 e. The van der Waals surface area contributed by atoms with Crippen LogP contribution in [0.15, 0.2) is 6.33 Å². The highest BCUT2D eigenvalue weighted by Gasteiger charge is 2.37. The van der Waals surface area contributed by atoms with Gasteiger partial charge in [0.15, 0.2) is 0 Å². The van der Waals surface area contributed by atoms with Crippen LogP contribution in [0.3, 0.4) is 0 Å². The van der Waals surface area contributed by atoms with Gasteiger partial charge in [0.05, 0.1) is 5.41 Å². The summed E-state index contributed by atoms with van der Waals surface area (Å²) in [6, 6.07) is -0.125. The van der Waals surface area contributed by atoms with Crippen LogP contribution in [0.1, 0.15) is 32.0 Å². The van der Waals surface area contributed by atoms with Crippen LogP contribution in [0, 0.1) is 5.41 Å². The number of nitrogens with one attached hydrogen (secondary N) is 2. The number of nitrogens with zero attached hydrogens (tertiary/aromatic N) is 3. The Hall–Kier alpha value is -2.12. The molecular weight excluding hydrogens is 274 g/mol. The highest BCUT2D eigenvalue weighted by molar-refractivity contribution is 5.76. The number of amides is 2. The van der Waals surface area contributed by atoms with Crippen molar-refractivity contribution in [2.24, 2.45) is 5.41 Å². The summed E-state index contributed by atoms with van der Waals surface area (Å²) in [5, 5.41) is 18.5. The molecule has 1 aromatic heterocycles. The van der Waals surface area contributed by atoms with Crippen LogP contribution in [0.5, 0.6) is 0 Å². The molecule has 0 unspecified atom stereocenters. The molecule has 8 heteroatoms. The highest BCUT2D eigenvalue weighted by atomic mass is 16.4. The van der Waals surface area contributed by atoms with Gasteiger partial charge >= 0.3 is 12.0 Å². The topological polar surface area (TPSA) is 111 Å². The predicted octanol–water partition coefficient (Wildman–Crippen LogP) is 0.634. The summed E-state index contributed by atoms with van der Waals surface area (Å²) in [7, 11) is 0. The quantitative estimate of drug-likeness (QED) is 0.690. The Morgan fingerprint density at radius 1 is 1.48 bits per heavy atom. The minimum absolute atomic E-state index is 0.125. The first-order chi connectivity index (χ1) is 10.0. The van der Waals surface area contributed by atoms with Crippen molar-refractivity contribution in [3.63, 3.8) is 0 Å². The lowest BCUT2D eigenvalue weighted by atomic mass is 9.80. The Kier molecular flexibility index (Phi) is 4.77. The number of H-pyrrole nitrogens is 1. The summed E-state index contributed by atoms with van der Waals surface area (Å²) in [5.41, 5.74) is -0.705. The summed E-state index contributed by atoms with van der Waals surface area (Å²) < 4.78 is 0. The zero-order valence-corrected chi connectivity index (χ0v) is 12.1. The van der Waals surface area contributed by atoms with Crippen molar-refractivity contribution in [2.75, 3.05) is 19.6 Å². The number of piperidine rings is 1. The lowest BCUT2D eigenvalue weighted by Gasteiger charge is -2.36. The minimum atomic E-state index is -0.783. The molecule has 116 valence electrons. The van der Waals surface area contributed by atoms with Gasteiger partial charge < -0.3 is 15.3 Å². The highest BCUT2D eigenvalue weighted by Crippen LogP contribution is 2.30. The molecule has 21 heavy (non-hydrogen) atoms. The van der Waals surface area contributed by atoms with Crippen LogP contribution in [0.25, 0.3) is 0 Å². The Balaban J connectivity index is 1.67. The molecule has 1 aliphatic heterocycles. The molecule has 0 aromatic carbocycles. The predicted molar refractivity (Wildman–Crippen MR) is 74.7 cm³/mol. The van der Waals surface area contributed by atoms with Crippen LogP contribution in [-0.2, 0) is 11.2 Å². The van der Waals surface area contributed by atoms with Gasteiger partial charge in [-0.2, -0.15) is 5.10 Å². The zero-order valence-electron chi connectivity index (χ0n) is 12.1. The molecule has 0 spiro atoms. The van der Waals surface area contributed by atoms with Crippen molar-refractivity contribution in [2.45, 2.75) is 32.6 Å². The Bertz CT molecular complexity index is 480. The van der Waals surface area contributed by atoms with Crippen LogP contribution in [0.2, 0.25) is 0 Å². The lowest BCUT2D eigenvalue weighted by molar-refractivity contribution is -0.150. The molecule has 2 heterocycles. The summed E-state index contributed by atoms with van der Waals surface area (Å²) in [5.74, 6) is 0.0223. The standard InChI is InChI=1S/C13H21N5O3/c1-13(11(19)20)4-7-18(8-5-13)12(21)14-6-2-3-10-15-9-16-17-10/h9H,2-8H2,1H3,(H,14,21)(H,19,20)(H,15,16,17). The number of hydrogen-bond acceptors (Lipinski definition) is 4. The number of urea groups is 1. The van der Waals surface area contributed by atoms with Gasteiger partial charge in [-0.25, -0.2) is 9.78 Å². The fraction of sp³-hybridized carbons (Fsp3) is 0.692. The van der Waals surface area contributed by atoms with Crippen molar-refractivity contribution < 1.29 is 14.7 Å². The van der Waals surface area contributed by atoms with E-state index in [1.165, 1.54) is 6.33 Å². The zero-order chi connectivity index (χ0) is 15.3. The Morgan fingerprint density at radius 3 is 2.76 bits per heavy atom. The van der Waals surface area contributed by atoms with Gasteiger partial charge in [0.25, 0.3) is 0 Å². The van der Waals surface area contributed by atoms with Gasteiger partial charge in [0.2, 0.25) is 0 Å². The van der Waals surface area contributed by atoms with Crippen LogP contribution in [-0.4, -0.2) is 56.8 Å². The molecule has 0 atom stereocenters. The molecule has 0 radical (unpaired) electrons. The number of carboxylic acid groups (broad SMARTS) is 1. The van der Waals surface area contributed by atoms with Crippen molar-refractivity contribution in [1.29, 1.82) is 0 Å². The lowest BCUT2D eigenvalue weighted by Crippen LogP contribution is -2.48. The maximum Gasteiger partial charge on any atom is 0.317 e. The first-order valence-corrected chi connectivity index (χ1v) is 7.12. The number of aliphatic carboxylic acids is 1. The smallest absolute Gasteiger partial charge is 0.317 e. The van der Waals surface area contributed by atoms with Crippen LogP contribution >= 0.6 is 0 Å². The van der Waals surface area contributed by atoms with Crippen LogP contribution < -0.4 is 5.32 Å². The largest absolute Gasteiger partial charge is 0.481 e. The van der Waals surface area contributed by atoms with Crippen molar-refractivity contribution in [1.82, 2.24) is 25.4 Å². The molecule has 2 amide bonds. The van der Waals surface area contributed by atoms with E-state index in [0.717, 1.165) is 18.7 Å². The molecule has 2 rings (SSSR count). The number of carbonyl (C=O) groups is 2. The maximum absolute atomic E-state index is 12.0. The van der Waals surface area contributed by atoms with E-state index in [0.29, 0.717) is 32.5 Å². The molecule has 8 nitrogen and oxygen atoms in total. The number of aryl methyl sites for hydroxylation is 1. The van der Waals surface area contributed by atoms with Gasteiger partial charge in [-0.15, -0.1) is 0 Å². The van der Waals surface area contributed by atoms with Crippen LogP contribution in [0.4, 0.5) is 4.79 Å². The van der Waals surface area contributed by atoms with Gasteiger partial charge in [0.1, 0.15) is 12.2 Å². The van der Waals surface area contributed by atoms with Gasteiger partial charge in [0, 0.05) is 26.1 Å². The summed E-state index contributed by atoms with van der Waals surface area (Å²) >= 11 is 0. The summed E-state index contributed by atoms with van der Waals surface area (Å²) in [6.45, 7) is 3.27. The van der Waals surface area contributed by atoms with E-state index < -0.39 is 11.4 Å². The normalized spacial score (nSPS) is 17.5. The number of hydrogen-bond donors (Lipinski definition) is 3. The molecule has 0 saturated carbocycles. The van der Waals surface area contributed by atoms with Crippen molar-refractivity contribution in [3.05, 3.63) is 12.2 Å². The second-order valence-electron chi connectivity index (χ2n) is 5.62. The first-order valence-electron chi connectivity index (χ1n) is 7.12. The molecular formula is C13H21N5O3. The number of aromatic nitrogens is 3. The van der Waals surface area contributed by atoms with E-state index in [4.69, 9.17) is 5.11 Å². The van der Waals surface area contributed by atoms with Crippen molar-refractivity contribution in [3.8, 4) is 0 Å². The SMILES string of the molecule is CC1(C(=O)O)CCN(C(=O)NCCCc2ncn[nH]2)CC1. The number of aromatic amines is 1. The van der Waals surface area contributed by atoms with E-state index in [-0.39, 0.29) is 6.03 Å². The molecule has 1 aliphatic rings. The fourth-order valence-corrected chi connectivity index (χ4v) is 2.33. The molecule has 0 aliphatic carbocycles. The third-order valence-electron chi connectivity index (χ3n) is 4.00. The molecule has 1 saturated heterocycles. The fourth-order valence-electron chi connectivity index (χ4n) is 2.33. The maximum atomic E-state index is 12.0. The molecule has 1 aromatic rings. The van der Waals surface area contributed by atoms with E-state index in [9.17, 15) is 9.59 Å². The Labute approximate surface area is 122 Å². The van der Waals surface area contributed by atoms with Gasteiger partial charge in [-0.1, -0.05) is 0 Å². The molecule has 3 N–H and O–H groups in total. The molecule has 1 fully saturated rings. The third-order valence-corrected chi connectivity index (χ3v) is 4.00.